The molecule has 68 valence electrons. The summed E-state index contributed by atoms with van der Waals surface area (Å²) >= 11 is 0. The molecule has 1 saturated carbocycles. The maximum absolute atomic E-state index is 10.4. The molecule has 2 aliphatic rings. The van der Waals surface area contributed by atoms with Crippen LogP contribution in [0.3, 0.4) is 0 Å². The molecule has 1 aliphatic carbocycles. The van der Waals surface area contributed by atoms with Gasteiger partial charge in [0.1, 0.15) is 6.10 Å². The zero-order valence-electron chi connectivity index (χ0n) is 6.86. The minimum Gasteiger partial charge on any atom is -0.446 e. The number of primary amides is 1. The van der Waals surface area contributed by atoms with Gasteiger partial charge in [0, 0.05) is 13.2 Å². The molecular weight excluding hydrogens is 158 g/mol. The first-order chi connectivity index (χ1) is 5.75. The Balaban J connectivity index is 1.86. The Hall–Kier alpha value is -0.770. The number of rotatable bonds is 1. The quantitative estimate of drug-likeness (QED) is 0.625. The smallest absolute Gasteiger partial charge is 0.404 e. The molecule has 2 fully saturated rings. The zero-order chi connectivity index (χ0) is 8.55. The Morgan fingerprint density at radius 1 is 1.33 bits per heavy atom. The molecule has 2 rings (SSSR count). The minimum absolute atomic E-state index is 0.0430. The van der Waals surface area contributed by atoms with Crippen molar-refractivity contribution in [2.75, 3.05) is 13.2 Å². The summed E-state index contributed by atoms with van der Waals surface area (Å²) in [6.45, 7) is 1.65. The van der Waals surface area contributed by atoms with Crippen molar-refractivity contribution < 1.29 is 14.3 Å². The summed E-state index contributed by atoms with van der Waals surface area (Å²) in [5.74, 6) is 1.18. The second-order valence-electron chi connectivity index (χ2n) is 3.59. The second-order valence-corrected chi connectivity index (χ2v) is 3.59. The monoisotopic (exact) mass is 171 g/mol. The lowest BCUT2D eigenvalue weighted by atomic mass is 10.0. The van der Waals surface area contributed by atoms with Crippen LogP contribution in [-0.2, 0) is 9.47 Å². The first kappa shape index (κ1) is 7.86. The maximum Gasteiger partial charge on any atom is 0.404 e. The Labute approximate surface area is 71.0 Å². The zero-order valence-corrected chi connectivity index (χ0v) is 6.86. The third-order valence-electron chi connectivity index (χ3n) is 2.74. The summed E-state index contributed by atoms with van der Waals surface area (Å²) in [5, 5.41) is 0. The van der Waals surface area contributed by atoms with Crippen LogP contribution in [0.4, 0.5) is 4.79 Å². The molecule has 0 aromatic heterocycles. The number of hydrogen-bond acceptors (Lipinski definition) is 3. The van der Waals surface area contributed by atoms with Crippen LogP contribution in [0.5, 0.6) is 0 Å². The van der Waals surface area contributed by atoms with Crippen LogP contribution in [0.25, 0.3) is 0 Å². The van der Waals surface area contributed by atoms with E-state index in [2.05, 4.69) is 0 Å². The molecule has 1 heterocycles. The van der Waals surface area contributed by atoms with Crippen LogP contribution >= 0.6 is 0 Å². The van der Waals surface area contributed by atoms with E-state index in [-0.39, 0.29) is 6.10 Å². The van der Waals surface area contributed by atoms with E-state index in [1.165, 1.54) is 0 Å². The Morgan fingerprint density at radius 3 is 2.42 bits per heavy atom. The van der Waals surface area contributed by atoms with E-state index < -0.39 is 6.09 Å². The van der Waals surface area contributed by atoms with Crippen molar-refractivity contribution in [2.45, 2.75) is 18.9 Å². The molecule has 0 bridgehead atoms. The third-order valence-corrected chi connectivity index (χ3v) is 2.74. The minimum atomic E-state index is -0.652. The Morgan fingerprint density at radius 2 is 1.92 bits per heavy atom. The fourth-order valence-electron chi connectivity index (χ4n) is 2.20. The van der Waals surface area contributed by atoms with Crippen molar-refractivity contribution in [3.8, 4) is 0 Å². The molecule has 0 radical (unpaired) electrons. The number of carbonyl (C=O) groups is 1. The molecule has 4 heteroatoms. The molecule has 2 N–H and O–H groups in total. The van der Waals surface area contributed by atoms with Crippen LogP contribution in [0, 0.1) is 11.8 Å². The Bertz CT molecular complexity index is 183. The van der Waals surface area contributed by atoms with Crippen LogP contribution in [-0.4, -0.2) is 25.4 Å². The van der Waals surface area contributed by atoms with Gasteiger partial charge in [-0.05, 0) is 24.7 Å². The van der Waals surface area contributed by atoms with Crippen LogP contribution < -0.4 is 5.73 Å². The van der Waals surface area contributed by atoms with Crippen molar-refractivity contribution in [3.05, 3.63) is 0 Å². The van der Waals surface area contributed by atoms with Gasteiger partial charge >= 0.3 is 6.09 Å². The van der Waals surface area contributed by atoms with Crippen molar-refractivity contribution >= 4 is 6.09 Å². The highest BCUT2D eigenvalue weighted by molar-refractivity contribution is 5.64. The average molecular weight is 171 g/mol. The summed E-state index contributed by atoms with van der Waals surface area (Å²) < 4.78 is 10.2. The first-order valence-corrected chi connectivity index (χ1v) is 4.29. The van der Waals surface area contributed by atoms with Crippen molar-refractivity contribution in [2.24, 2.45) is 17.6 Å². The molecule has 0 aromatic carbocycles. The maximum atomic E-state index is 10.4. The summed E-state index contributed by atoms with van der Waals surface area (Å²) in [4.78, 5) is 10.4. The molecule has 2 atom stereocenters. The fraction of sp³-hybridized carbons (Fsp3) is 0.875. The third kappa shape index (κ3) is 1.39. The number of hydrogen-bond donors (Lipinski definition) is 1. The second kappa shape index (κ2) is 2.94. The molecule has 4 nitrogen and oxygen atoms in total. The van der Waals surface area contributed by atoms with E-state index in [9.17, 15) is 4.79 Å². The van der Waals surface area contributed by atoms with E-state index in [0.717, 1.165) is 26.1 Å². The molecule has 1 aliphatic heterocycles. The van der Waals surface area contributed by atoms with Crippen molar-refractivity contribution in [3.63, 3.8) is 0 Å². The van der Waals surface area contributed by atoms with Gasteiger partial charge in [0.2, 0.25) is 0 Å². The SMILES string of the molecule is NC(=O)OC1CC2COCC2C1. The number of carbonyl (C=O) groups excluding carboxylic acids is 1. The lowest BCUT2D eigenvalue weighted by Gasteiger charge is -2.10. The van der Waals surface area contributed by atoms with Gasteiger partial charge in [0.05, 0.1) is 0 Å². The van der Waals surface area contributed by atoms with Gasteiger partial charge in [-0.1, -0.05) is 0 Å². The lowest BCUT2D eigenvalue weighted by molar-refractivity contribution is 0.0902. The molecule has 2 unspecified atom stereocenters. The lowest BCUT2D eigenvalue weighted by Crippen LogP contribution is -2.21. The molecule has 0 spiro atoms. The van der Waals surface area contributed by atoms with Crippen LogP contribution in [0.2, 0.25) is 0 Å². The molecule has 0 aromatic rings. The van der Waals surface area contributed by atoms with Gasteiger partial charge in [-0.25, -0.2) is 4.79 Å². The van der Waals surface area contributed by atoms with Crippen LogP contribution in [0.15, 0.2) is 0 Å². The van der Waals surface area contributed by atoms with E-state index >= 15 is 0 Å². The fourth-order valence-corrected chi connectivity index (χ4v) is 2.20. The standard InChI is InChI=1S/C8H13NO3/c9-8(10)12-7-1-5-3-11-4-6(5)2-7/h5-7H,1-4H2,(H2,9,10). The van der Waals surface area contributed by atoms with Gasteiger partial charge in [-0.2, -0.15) is 0 Å². The predicted octanol–water partition coefficient (Wildman–Crippen LogP) is 0.507. The van der Waals surface area contributed by atoms with Gasteiger partial charge in [-0.3, -0.25) is 0 Å². The van der Waals surface area contributed by atoms with E-state index in [1.807, 2.05) is 0 Å². The van der Waals surface area contributed by atoms with Crippen molar-refractivity contribution in [1.29, 1.82) is 0 Å². The number of ether oxygens (including phenoxy) is 2. The summed E-state index contributed by atoms with van der Waals surface area (Å²) in [7, 11) is 0. The van der Waals surface area contributed by atoms with Crippen LogP contribution in [0.1, 0.15) is 12.8 Å². The van der Waals surface area contributed by atoms with Gasteiger partial charge in [0.25, 0.3) is 0 Å². The van der Waals surface area contributed by atoms with E-state index in [4.69, 9.17) is 15.2 Å². The van der Waals surface area contributed by atoms with E-state index in [1.54, 1.807) is 0 Å². The van der Waals surface area contributed by atoms with Gasteiger partial charge in [-0.15, -0.1) is 0 Å². The molecule has 12 heavy (non-hydrogen) atoms. The topological polar surface area (TPSA) is 61.6 Å². The highest BCUT2D eigenvalue weighted by Crippen LogP contribution is 2.37. The highest BCUT2D eigenvalue weighted by atomic mass is 16.6. The molecular formula is C8H13NO3. The number of nitrogens with two attached hydrogens (primary N) is 1. The van der Waals surface area contributed by atoms with Gasteiger partial charge < -0.3 is 15.2 Å². The van der Waals surface area contributed by atoms with Gasteiger partial charge in [0.15, 0.2) is 0 Å². The first-order valence-electron chi connectivity index (χ1n) is 4.29. The summed E-state index contributed by atoms with van der Waals surface area (Å²) in [5.41, 5.74) is 4.93. The Kier molecular flexibility index (Phi) is 1.92. The summed E-state index contributed by atoms with van der Waals surface area (Å²) in [6, 6.07) is 0. The van der Waals surface area contributed by atoms with E-state index in [0.29, 0.717) is 11.8 Å². The molecule has 1 amide bonds. The molecule has 1 saturated heterocycles. The normalized spacial score (nSPS) is 39.5. The number of amides is 1. The number of fused-ring (bicyclic) bond motifs is 1. The highest BCUT2D eigenvalue weighted by Gasteiger charge is 2.39. The average Bonchev–Trinajstić information content (AvgIpc) is 2.43. The largest absolute Gasteiger partial charge is 0.446 e. The van der Waals surface area contributed by atoms with Crippen molar-refractivity contribution in [1.82, 2.24) is 0 Å². The predicted molar refractivity (Wildman–Crippen MR) is 41.5 cm³/mol. The summed E-state index contributed by atoms with van der Waals surface area (Å²) in [6.07, 6.45) is 1.24.